The lowest BCUT2D eigenvalue weighted by Gasteiger charge is -2.35. The molecule has 3 aromatic rings. The lowest BCUT2D eigenvalue weighted by Crippen LogP contribution is -2.43. The van der Waals surface area contributed by atoms with Gasteiger partial charge in [-0.1, -0.05) is 12.1 Å². The second-order valence-corrected chi connectivity index (χ2v) is 7.24. The average molecular weight is 423 g/mol. The molecule has 1 aliphatic heterocycles. The van der Waals surface area contributed by atoms with E-state index in [0.29, 0.717) is 30.1 Å². The number of fused-ring (bicyclic) bond motifs is 1. The summed E-state index contributed by atoms with van der Waals surface area (Å²) in [5.74, 6) is -0.156. The minimum absolute atomic E-state index is 0.0158. The number of methoxy groups -OCH3 is 1. The number of ether oxygens (including phenoxy) is 1. The molecule has 9 nitrogen and oxygen atoms in total. The molecule has 0 spiro atoms. The van der Waals surface area contributed by atoms with Crippen LogP contribution in [0.15, 0.2) is 42.6 Å². The maximum atomic E-state index is 14.1. The lowest BCUT2D eigenvalue weighted by atomic mass is 9.96. The number of aromatic nitrogens is 3. The number of hydrogen-bond donors (Lipinski definition) is 3. The summed E-state index contributed by atoms with van der Waals surface area (Å²) in [7, 11) is 3.56. The van der Waals surface area contributed by atoms with Crippen LogP contribution >= 0.6 is 0 Å². The normalized spacial score (nSPS) is 15.8. The Morgan fingerprint density at radius 1 is 1.23 bits per heavy atom. The first-order chi connectivity index (χ1) is 14.9. The standard InChI is InChI=1S/C21H22FN7O2/c1-29-11-13-7-16(26-21-24-10-17(20(23)30)27-28-21)18(31-2)8-12(13)9-19(29)25-15-6-4-3-5-14(15)22/h3-8,10,19,25H,9,11H2,1-2H3,(H2,23,30)(H,24,26,28). The summed E-state index contributed by atoms with van der Waals surface area (Å²) >= 11 is 0. The van der Waals surface area contributed by atoms with Crippen molar-refractivity contribution in [2.45, 2.75) is 19.1 Å². The van der Waals surface area contributed by atoms with Crippen molar-refractivity contribution in [1.82, 2.24) is 20.1 Å². The zero-order valence-electron chi connectivity index (χ0n) is 17.1. The molecule has 0 saturated carbocycles. The van der Waals surface area contributed by atoms with Crippen molar-refractivity contribution in [3.63, 3.8) is 0 Å². The highest BCUT2D eigenvalue weighted by Gasteiger charge is 2.25. The van der Waals surface area contributed by atoms with Crippen molar-refractivity contribution >= 4 is 23.2 Å². The first kappa shape index (κ1) is 20.5. The molecule has 2 heterocycles. The molecule has 0 aliphatic carbocycles. The van der Waals surface area contributed by atoms with Crippen LogP contribution in [0.25, 0.3) is 0 Å². The summed E-state index contributed by atoms with van der Waals surface area (Å²) in [6, 6.07) is 10.6. The lowest BCUT2D eigenvalue weighted by molar-refractivity contribution is 0.0994. The number of carbonyl (C=O) groups excluding carboxylic acids is 1. The molecule has 1 amide bonds. The molecule has 1 aliphatic rings. The summed E-state index contributed by atoms with van der Waals surface area (Å²) in [4.78, 5) is 17.3. The number of nitrogens with zero attached hydrogens (tertiary/aromatic N) is 4. The monoisotopic (exact) mass is 423 g/mol. The van der Waals surface area contributed by atoms with E-state index in [1.807, 2.05) is 19.2 Å². The Bertz CT molecular complexity index is 1110. The number of para-hydroxylation sites is 1. The van der Waals surface area contributed by atoms with Crippen molar-refractivity contribution in [1.29, 1.82) is 0 Å². The molecule has 1 aromatic heterocycles. The fraction of sp³-hybridized carbons (Fsp3) is 0.238. The maximum absolute atomic E-state index is 14.1. The highest BCUT2D eigenvalue weighted by atomic mass is 19.1. The Kier molecular flexibility index (Phi) is 5.63. The molecule has 160 valence electrons. The summed E-state index contributed by atoms with van der Waals surface area (Å²) in [5, 5.41) is 14.0. The fourth-order valence-electron chi connectivity index (χ4n) is 3.50. The minimum atomic E-state index is -0.695. The maximum Gasteiger partial charge on any atom is 0.270 e. The topological polar surface area (TPSA) is 118 Å². The van der Waals surface area contributed by atoms with Crippen molar-refractivity contribution in [2.75, 3.05) is 24.8 Å². The summed E-state index contributed by atoms with van der Waals surface area (Å²) < 4.78 is 19.6. The van der Waals surface area contributed by atoms with Crippen molar-refractivity contribution in [2.24, 2.45) is 5.73 Å². The Labute approximate surface area is 178 Å². The van der Waals surface area contributed by atoms with Gasteiger partial charge in [0.05, 0.1) is 30.8 Å². The van der Waals surface area contributed by atoms with Crippen LogP contribution in [0.4, 0.5) is 21.7 Å². The third kappa shape index (κ3) is 4.38. The number of likely N-dealkylation sites (N-methyl/N-ethyl adjacent to an activating group) is 1. The average Bonchev–Trinajstić information content (AvgIpc) is 2.76. The summed E-state index contributed by atoms with van der Waals surface area (Å²) in [6.07, 6.45) is 1.86. The molecule has 4 N–H and O–H groups in total. The Morgan fingerprint density at radius 3 is 2.71 bits per heavy atom. The number of anilines is 3. The van der Waals surface area contributed by atoms with Gasteiger partial charge in [0.2, 0.25) is 5.95 Å². The van der Waals surface area contributed by atoms with E-state index < -0.39 is 5.91 Å². The second kappa shape index (κ2) is 8.52. The molecular formula is C21H22FN7O2. The van der Waals surface area contributed by atoms with Gasteiger partial charge in [-0.2, -0.15) is 0 Å². The Hall–Kier alpha value is -3.79. The number of nitrogens with one attached hydrogen (secondary N) is 2. The van der Waals surface area contributed by atoms with Crippen LogP contribution in [0.1, 0.15) is 21.6 Å². The molecule has 0 radical (unpaired) electrons. The molecule has 0 saturated heterocycles. The van der Waals surface area contributed by atoms with Crippen LogP contribution in [0.3, 0.4) is 0 Å². The number of carbonyl (C=O) groups is 1. The van der Waals surface area contributed by atoms with Gasteiger partial charge in [-0.3, -0.25) is 9.69 Å². The molecule has 1 atom stereocenters. The van der Waals surface area contributed by atoms with E-state index in [1.165, 1.54) is 12.3 Å². The number of hydrogen-bond acceptors (Lipinski definition) is 8. The van der Waals surface area contributed by atoms with Crippen molar-refractivity contribution in [3.8, 4) is 5.75 Å². The molecular weight excluding hydrogens is 401 g/mol. The first-order valence-corrected chi connectivity index (χ1v) is 9.62. The minimum Gasteiger partial charge on any atom is -0.495 e. The predicted molar refractivity (Wildman–Crippen MR) is 114 cm³/mol. The van der Waals surface area contributed by atoms with Crippen LogP contribution in [0.5, 0.6) is 5.75 Å². The van der Waals surface area contributed by atoms with Crippen molar-refractivity contribution in [3.05, 3.63) is 65.2 Å². The third-order valence-electron chi connectivity index (χ3n) is 5.14. The zero-order valence-corrected chi connectivity index (χ0v) is 17.1. The number of halogens is 1. The van der Waals surface area contributed by atoms with Gasteiger partial charge in [0.15, 0.2) is 5.69 Å². The Morgan fingerprint density at radius 2 is 2.03 bits per heavy atom. The van der Waals surface area contributed by atoms with Crippen LogP contribution in [0, 0.1) is 5.82 Å². The van der Waals surface area contributed by atoms with Crippen molar-refractivity contribution < 1.29 is 13.9 Å². The van der Waals surface area contributed by atoms with E-state index in [4.69, 9.17) is 10.5 Å². The van der Waals surface area contributed by atoms with Gasteiger partial charge in [-0.15, -0.1) is 10.2 Å². The van der Waals surface area contributed by atoms with E-state index >= 15 is 0 Å². The SMILES string of the molecule is COc1cc2c(cc1Nc1ncc(C(N)=O)nn1)CN(C)C(Nc1ccccc1F)C2. The molecule has 2 aromatic carbocycles. The third-order valence-corrected chi connectivity index (χ3v) is 5.14. The van der Waals surface area contributed by atoms with Gasteiger partial charge in [0.25, 0.3) is 5.91 Å². The molecule has 10 heteroatoms. The van der Waals surface area contributed by atoms with Crippen LogP contribution in [-0.2, 0) is 13.0 Å². The zero-order chi connectivity index (χ0) is 22.0. The molecule has 0 fully saturated rings. The number of rotatable bonds is 6. The molecule has 1 unspecified atom stereocenters. The van der Waals surface area contributed by atoms with Gasteiger partial charge in [0.1, 0.15) is 11.6 Å². The number of benzene rings is 2. The van der Waals surface area contributed by atoms with Gasteiger partial charge in [0, 0.05) is 13.0 Å². The first-order valence-electron chi connectivity index (χ1n) is 9.62. The van der Waals surface area contributed by atoms with Crippen LogP contribution < -0.4 is 21.1 Å². The van der Waals surface area contributed by atoms with E-state index in [2.05, 4.69) is 30.7 Å². The Balaban J connectivity index is 1.56. The number of amides is 1. The fourth-order valence-corrected chi connectivity index (χ4v) is 3.50. The summed E-state index contributed by atoms with van der Waals surface area (Å²) in [5.41, 5.74) is 8.48. The van der Waals surface area contributed by atoms with E-state index in [9.17, 15) is 9.18 Å². The summed E-state index contributed by atoms with van der Waals surface area (Å²) in [6.45, 7) is 0.653. The highest BCUT2D eigenvalue weighted by Crippen LogP contribution is 2.34. The van der Waals surface area contributed by atoms with E-state index in [0.717, 1.165) is 11.1 Å². The van der Waals surface area contributed by atoms with E-state index in [1.54, 1.807) is 25.3 Å². The second-order valence-electron chi connectivity index (χ2n) is 7.24. The van der Waals surface area contributed by atoms with Gasteiger partial charge < -0.3 is 21.1 Å². The number of primary amides is 1. The smallest absolute Gasteiger partial charge is 0.270 e. The predicted octanol–water partition coefficient (Wildman–Crippen LogP) is 2.29. The van der Waals surface area contributed by atoms with Crippen LogP contribution in [-0.4, -0.2) is 46.3 Å². The highest BCUT2D eigenvalue weighted by molar-refractivity contribution is 5.90. The molecule has 0 bridgehead atoms. The van der Waals surface area contributed by atoms with Gasteiger partial charge in [-0.25, -0.2) is 9.37 Å². The van der Waals surface area contributed by atoms with Crippen LogP contribution in [0.2, 0.25) is 0 Å². The largest absolute Gasteiger partial charge is 0.495 e. The van der Waals surface area contributed by atoms with Gasteiger partial charge >= 0.3 is 0 Å². The number of nitrogens with two attached hydrogens (primary N) is 1. The molecule has 31 heavy (non-hydrogen) atoms. The molecule has 4 rings (SSSR count). The van der Waals surface area contributed by atoms with E-state index in [-0.39, 0.29) is 23.6 Å². The quantitative estimate of drug-likeness (QED) is 0.553. The van der Waals surface area contributed by atoms with Gasteiger partial charge in [-0.05, 0) is 42.4 Å².